The van der Waals surface area contributed by atoms with Gasteiger partial charge in [0.2, 0.25) is 0 Å². The molecule has 0 saturated carbocycles. The highest BCUT2D eigenvalue weighted by molar-refractivity contribution is 5.46. The van der Waals surface area contributed by atoms with Gasteiger partial charge in [0.15, 0.2) is 0 Å². The van der Waals surface area contributed by atoms with Crippen molar-refractivity contribution in [2.45, 2.75) is 25.0 Å². The van der Waals surface area contributed by atoms with Crippen LogP contribution < -0.4 is 15.2 Å². The number of likely N-dealkylation sites (N-methyl/N-ethyl adjacent to an activating group) is 1. The van der Waals surface area contributed by atoms with E-state index >= 15 is 0 Å². The molecule has 2 atom stereocenters. The number of ether oxygens (including phenoxy) is 2. The number of rotatable bonds is 2. The molecule has 1 aromatic rings. The van der Waals surface area contributed by atoms with E-state index in [9.17, 15) is 0 Å². The van der Waals surface area contributed by atoms with Gasteiger partial charge in [-0.3, -0.25) is 0 Å². The van der Waals surface area contributed by atoms with Crippen LogP contribution in [0.15, 0.2) is 18.2 Å². The zero-order valence-electron chi connectivity index (χ0n) is 10.8. The monoisotopic (exact) mass is 248 g/mol. The number of hydrogen-bond acceptors (Lipinski definition) is 4. The highest BCUT2D eigenvalue weighted by Gasteiger charge is 2.25. The first kappa shape index (κ1) is 11.8. The quantitative estimate of drug-likeness (QED) is 0.849. The minimum atomic E-state index is 0.0773. The van der Waals surface area contributed by atoms with Gasteiger partial charge in [0, 0.05) is 24.7 Å². The Bertz CT molecular complexity index is 436. The van der Waals surface area contributed by atoms with Crippen LogP contribution in [0.5, 0.6) is 11.5 Å². The second-order valence-electron chi connectivity index (χ2n) is 5.30. The third-order valence-corrected chi connectivity index (χ3v) is 3.65. The van der Waals surface area contributed by atoms with E-state index in [0.717, 1.165) is 43.0 Å². The molecule has 0 aliphatic carbocycles. The minimum Gasteiger partial charge on any atom is -0.492 e. The first-order valence-corrected chi connectivity index (χ1v) is 6.58. The summed E-state index contributed by atoms with van der Waals surface area (Å²) < 4.78 is 11.8. The van der Waals surface area contributed by atoms with Gasteiger partial charge >= 0.3 is 0 Å². The Hall–Kier alpha value is -1.26. The molecule has 3 rings (SSSR count). The summed E-state index contributed by atoms with van der Waals surface area (Å²) in [5.41, 5.74) is 7.09. The largest absolute Gasteiger partial charge is 0.492 e. The molecule has 18 heavy (non-hydrogen) atoms. The van der Waals surface area contributed by atoms with Crippen molar-refractivity contribution in [1.29, 1.82) is 0 Å². The van der Waals surface area contributed by atoms with Crippen LogP contribution in [0.4, 0.5) is 0 Å². The highest BCUT2D eigenvalue weighted by atomic mass is 16.5. The molecule has 1 saturated heterocycles. The van der Waals surface area contributed by atoms with E-state index in [4.69, 9.17) is 15.2 Å². The Morgan fingerprint density at radius 3 is 3.11 bits per heavy atom. The number of hydrogen-bond donors (Lipinski definition) is 1. The SMILES string of the molecule is CN1CCC(Oc2cccc3c2C[C@H](N)CO3)C1. The predicted molar refractivity (Wildman–Crippen MR) is 70.1 cm³/mol. The fourth-order valence-corrected chi connectivity index (χ4v) is 2.68. The Morgan fingerprint density at radius 2 is 2.33 bits per heavy atom. The van der Waals surface area contributed by atoms with Crippen LogP contribution in [0.3, 0.4) is 0 Å². The topological polar surface area (TPSA) is 47.7 Å². The summed E-state index contributed by atoms with van der Waals surface area (Å²) in [7, 11) is 2.13. The molecule has 1 aromatic carbocycles. The summed E-state index contributed by atoms with van der Waals surface area (Å²) in [5.74, 6) is 1.88. The predicted octanol–water partition coefficient (Wildman–Crippen LogP) is 1.03. The smallest absolute Gasteiger partial charge is 0.126 e. The lowest BCUT2D eigenvalue weighted by Gasteiger charge is -2.25. The molecule has 2 aliphatic rings. The first-order valence-electron chi connectivity index (χ1n) is 6.58. The van der Waals surface area contributed by atoms with Gasteiger partial charge in [-0.15, -0.1) is 0 Å². The first-order chi connectivity index (χ1) is 8.72. The molecule has 98 valence electrons. The highest BCUT2D eigenvalue weighted by Crippen LogP contribution is 2.33. The summed E-state index contributed by atoms with van der Waals surface area (Å²) in [5, 5.41) is 0. The van der Waals surface area contributed by atoms with Crippen LogP contribution in [-0.4, -0.2) is 43.8 Å². The van der Waals surface area contributed by atoms with Crippen molar-refractivity contribution in [3.63, 3.8) is 0 Å². The zero-order chi connectivity index (χ0) is 12.5. The van der Waals surface area contributed by atoms with Gasteiger partial charge in [0.05, 0.1) is 0 Å². The molecule has 2 aliphatic heterocycles. The molecule has 4 heteroatoms. The molecule has 0 amide bonds. The third-order valence-electron chi connectivity index (χ3n) is 3.65. The minimum absolute atomic E-state index is 0.0773. The third kappa shape index (κ3) is 2.31. The van der Waals surface area contributed by atoms with E-state index in [-0.39, 0.29) is 6.04 Å². The second-order valence-corrected chi connectivity index (χ2v) is 5.30. The van der Waals surface area contributed by atoms with E-state index in [2.05, 4.69) is 11.9 Å². The van der Waals surface area contributed by atoms with E-state index in [1.54, 1.807) is 0 Å². The molecule has 1 fully saturated rings. The summed E-state index contributed by atoms with van der Waals surface area (Å²) in [6.45, 7) is 2.70. The molecular formula is C14H20N2O2. The standard InChI is InChI=1S/C14H20N2O2/c1-16-6-5-11(8-16)18-14-4-2-3-13-12(14)7-10(15)9-17-13/h2-4,10-11H,5-9,15H2,1H3/t10-,11?/m0/s1. The zero-order valence-corrected chi connectivity index (χ0v) is 10.8. The van der Waals surface area contributed by atoms with Gasteiger partial charge in [-0.2, -0.15) is 0 Å². The van der Waals surface area contributed by atoms with Gasteiger partial charge in [-0.05, 0) is 32.0 Å². The van der Waals surface area contributed by atoms with Crippen molar-refractivity contribution in [3.8, 4) is 11.5 Å². The average molecular weight is 248 g/mol. The van der Waals surface area contributed by atoms with Crippen molar-refractivity contribution in [1.82, 2.24) is 4.90 Å². The molecule has 1 unspecified atom stereocenters. The van der Waals surface area contributed by atoms with Crippen molar-refractivity contribution in [2.24, 2.45) is 5.73 Å². The van der Waals surface area contributed by atoms with Crippen molar-refractivity contribution >= 4 is 0 Å². The molecule has 0 radical (unpaired) electrons. The average Bonchev–Trinajstić information content (AvgIpc) is 2.76. The molecule has 0 spiro atoms. The molecule has 4 nitrogen and oxygen atoms in total. The lowest BCUT2D eigenvalue weighted by atomic mass is 10.0. The molecule has 0 bridgehead atoms. The van der Waals surface area contributed by atoms with E-state index in [1.165, 1.54) is 0 Å². The van der Waals surface area contributed by atoms with Gasteiger partial charge < -0.3 is 20.1 Å². The normalized spacial score (nSPS) is 27.7. The summed E-state index contributed by atoms with van der Waals surface area (Å²) >= 11 is 0. The fraction of sp³-hybridized carbons (Fsp3) is 0.571. The molecular weight excluding hydrogens is 228 g/mol. The van der Waals surface area contributed by atoms with E-state index in [0.29, 0.717) is 12.7 Å². The molecule has 2 N–H and O–H groups in total. The van der Waals surface area contributed by atoms with Gasteiger partial charge in [0.25, 0.3) is 0 Å². The Kier molecular flexibility index (Phi) is 3.14. The maximum atomic E-state index is 6.12. The number of nitrogens with two attached hydrogens (primary N) is 1. The van der Waals surface area contributed by atoms with Crippen molar-refractivity contribution in [3.05, 3.63) is 23.8 Å². The van der Waals surface area contributed by atoms with Crippen LogP contribution in [0.2, 0.25) is 0 Å². The van der Waals surface area contributed by atoms with Crippen molar-refractivity contribution < 1.29 is 9.47 Å². The van der Waals surface area contributed by atoms with Crippen LogP contribution >= 0.6 is 0 Å². The lowest BCUT2D eigenvalue weighted by molar-refractivity contribution is 0.199. The van der Waals surface area contributed by atoms with Gasteiger partial charge in [-0.1, -0.05) is 6.07 Å². The fourth-order valence-electron chi connectivity index (χ4n) is 2.68. The summed E-state index contributed by atoms with van der Waals surface area (Å²) in [4.78, 5) is 2.29. The Labute approximate surface area is 108 Å². The number of nitrogens with zero attached hydrogens (tertiary/aromatic N) is 1. The molecule has 2 heterocycles. The van der Waals surface area contributed by atoms with Crippen LogP contribution in [0.1, 0.15) is 12.0 Å². The van der Waals surface area contributed by atoms with Crippen molar-refractivity contribution in [2.75, 3.05) is 26.7 Å². The Morgan fingerprint density at radius 1 is 1.44 bits per heavy atom. The van der Waals surface area contributed by atoms with Crippen LogP contribution in [-0.2, 0) is 6.42 Å². The van der Waals surface area contributed by atoms with Crippen LogP contribution in [0, 0.1) is 0 Å². The van der Waals surface area contributed by atoms with E-state index < -0.39 is 0 Å². The van der Waals surface area contributed by atoms with Gasteiger partial charge in [0.1, 0.15) is 24.2 Å². The lowest BCUT2D eigenvalue weighted by Crippen LogP contribution is -2.34. The summed E-state index contributed by atoms with van der Waals surface area (Å²) in [6.07, 6.45) is 2.22. The maximum absolute atomic E-state index is 6.12. The van der Waals surface area contributed by atoms with E-state index in [1.807, 2.05) is 18.2 Å². The summed E-state index contributed by atoms with van der Waals surface area (Å²) in [6, 6.07) is 6.09. The number of benzene rings is 1. The maximum Gasteiger partial charge on any atom is 0.126 e. The molecule has 0 aromatic heterocycles. The number of likely N-dealkylation sites (tertiary alicyclic amines) is 1. The van der Waals surface area contributed by atoms with Gasteiger partial charge in [-0.25, -0.2) is 0 Å². The van der Waals surface area contributed by atoms with Crippen LogP contribution in [0.25, 0.3) is 0 Å². The Balaban J connectivity index is 1.79. The number of fused-ring (bicyclic) bond motifs is 1. The second kappa shape index (κ2) is 4.78.